The second kappa shape index (κ2) is 1.55. The maximum atomic E-state index is 2.38. The van der Waals surface area contributed by atoms with Gasteiger partial charge < -0.3 is 0 Å². The van der Waals surface area contributed by atoms with Gasteiger partial charge in [-0.15, -0.1) is 0 Å². The summed E-state index contributed by atoms with van der Waals surface area (Å²) in [5.74, 6) is 4.12. The van der Waals surface area contributed by atoms with Gasteiger partial charge in [0.15, 0.2) is 0 Å². The minimum absolute atomic E-state index is 0.972. The lowest BCUT2D eigenvalue weighted by Gasteiger charge is -1.93. The van der Waals surface area contributed by atoms with E-state index in [1.165, 1.54) is 12.8 Å². The Labute approximate surface area is 61.6 Å². The van der Waals surface area contributed by atoms with Crippen LogP contribution < -0.4 is 0 Å². The SMILES string of the molecule is C1=C\C2CC2C2CC2\C=C/1. The van der Waals surface area contributed by atoms with Crippen molar-refractivity contribution >= 4 is 0 Å². The summed E-state index contributed by atoms with van der Waals surface area (Å²) >= 11 is 0. The third-order valence-corrected chi connectivity index (χ3v) is 3.16. The zero-order valence-corrected chi connectivity index (χ0v) is 6.03. The summed E-state index contributed by atoms with van der Waals surface area (Å²) in [6.07, 6.45) is 12.2. The molecule has 0 heteroatoms. The van der Waals surface area contributed by atoms with Crippen LogP contribution in [0.5, 0.6) is 0 Å². The minimum atomic E-state index is 0.972. The molecule has 0 spiro atoms. The molecule has 0 aliphatic heterocycles. The van der Waals surface area contributed by atoms with Crippen LogP contribution in [0.4, 0.5) is 0 Å². The molecule has 52 valence electrons. The molecule has 0 radical (unpaired) electrons. The Kier molecular flexibility index (Phi) is 0.803. The van der Waals surface area contributed by atoms with E-state index in [0.717, 1.165) is 23.7 Å². The van der Waals surface area contributed by atoms with Gasteiger partial charge in [-0.1, -0.05) is 24.3 Å². The lowest BCUT2D eigenvalue weighted by Crippen LogP contribution is -1.86. The van der Waals surface area contributed by atoms with Gasteiger partial charge in [-0.05, 0) is 36.5 Å². The third kappa shape index (κ3) is 0.622. The predicted molar refractivity (Wildman–Crippen MR) is 41.5 cm³/mol. The maximum absolute atomic E-state index is 2.38. The Morgan fingerprint density at radius 3 is 1.80 bits per heavy atom. The summed E-state index contributed by atoms with van der Waals surface area (Å²) in [6, 6.07) is 0. The Bertz CT molecular complexity index is 188. The summed E-state index contributed by atoms with van der Waals surface area (Å²) in [5, 5.41) is 0. The van der Waals surface area contributed by atoms with Gasteiger partial charge in [0.05, 0.1) is 0 Å². The number of rotatable bonds is 0. The first kappa shape index (κ1) is 5.17. The molecule has 3 aliphatic carbocycles. The summed E-state index contributed by atoms with van der Waals surface area (Å²) in [6.45, 7) is 0. The normalized spacial score (nSPS) is 60.8. The van der Waals surface area contributed by atoms with E-state index < -0.39 is 0 Å². The topological polar surface area (TPSA) is 0 Å². The quantitative estimate of drug-likeness (QED) is 0.474. The molecule has 0 amide bonds. The highest BCUT2D eigenvalue weighted by molar-refractivity contribution is 5.20. The summed E-state index contributed by atoms with van der Waals surface area (Å²) in [4.78, 5) is 0. The van der Waals surface area contributed by atoms with E-state index in [-0.39, 0.29) is 0 Å². The summed E-state index contributed by atoms with van der Waals surface area (Å²) in [7, 11) is 0. The molecule has 0 aromatic heterocycles. The fourth-order valence-electron chi connectivity index (χ4n) is 2.31. The van der Waals surface area contributed by atoms with Crippen LogP contribution in [0.25, 0.3) is 0 Å². The number of hydrogen-bond donors (Lipinski definition) is 0. The van der Waals surface area contributed by atoms with Crippen molar-refractivity contribution in [1.82, 2.24) is 0 Å². The standard InChI is InChI=1S/C10H12/c1-2-4-8-6-10(8)9-5-7(9)3-1/h1-4,7-10H,5-6H2/b3-1-,4-2-. The van der Waals surface area contributed by atoms with Crippen LogP contribution in [0.3, 0.4) is 0 Å². The second-order valence-corrected chi connectivity index (χ2v) is 3.90. The van der Waals surface area contributed by atoms with E-state index in [1.54, 1.807) is 0 Å². The van der Waals surface area contributed by atoms with Gasteiger partial charge >= 0.3 is 0 Å². The van der Waals surface area contributed by atoms with E-state index in [0.29, 0.717) is 0 Å². The summed E-state index contributed by atoms with van der Waals surface area (Å²) in [5.41, 5.74) is 0. The van der Waals surface area contributed by atoms with Crippen LogP contribution in [0.15, 0.2) is 24.3 Å². The van der Waals surface area contributed by atoms with Gasteiger partial charge in [0.1, 0.15) is 0 Å². The Morgan fingerprint density at radius 2 is 1.30 bits per heavy atom. The van der Waals surface area contributed by atoms with Gasteiger partial charge in [-0.3, -0.25) is 0 Å². The third-order valence-electron chi connectivity index (χ3n) is 3.16. The van der Waals surface area contributed by atoms with E-state index >= 15 is 0 Å². The predicted octanol–water partition coefficient (Wildman–Crippen LogP) is 2.38. The zero-order chi connectivity index (χ0) is 6.55. The highest BCUT2D eigenvalue weighted by Crippen LogP contribution is 2.59. The molecular formula is C10H12. The average molecular weight is 132 g/mol. The van der Waals surface area contributed by atoms with Crippen molar-refractivity contribution in [3.63, 3.8) is 0 Å². The number of fused-ring (bicyclic) bond motifs is 3. The molecule has 4 atom stereocenters. The van der Waals surface area contributed by atoms with Crippen molar-refractivity contribution in [2.24, 2.45) is 23.7 Å². The van der Waals surface area contributed by atoms with Crippen molar-refractivity contribution in [2.45, 2.75) is 12.8 Å². The Morgan fingerprint density at radius 1 is 0.800 bits per heavy atom. The highest BCUT2D eigenvalue weighted by Gasteiger charge is 2.51. The Balaban J connectivity index is 1.90. The van der Waals surface area contributed by atoms with Crippen molar-refractivity contribution in [3.05, 3.63) is 24.3 Å². The molecule has 0 aromatic rings. The number of hydrogen-bond acceptors (Lipinski definition) is 0. The van der Waals surface area contributed by atoms with Crippen LogP contribution >= 0.6 is 0 Å². The molecule has 4 unspecified atom stereocenters. The molecule has 0 nitrogen and oxygen atoms in total. The van der Waals surface area contributed by atoms with E-state index in [1.807, 2.05) is 0 Å². The smallest absolute Gasteiger partial charge is 0.0196 e. The van der Waals surface area contributed by atoms with Crippen molar-refractivity contribution in [3.8, 4) is 0 Å². The molecular weight excluding hydrogens is 120 g/mol. The van der Waals surface area contributed by atoms with E-state index in [9.17, 15) is 0 Å². The van der Waals surface area contributed by atoms with E-state index in [4.69, 9.17) is 0 Å². The van der Waals surface area contributed by atoms with Crippen molar-refractivity contribution in [1.29, 1.82) is 0 Å². The van der Waals surface area contributed by atoms with Crippen molar-refractivity contribution in [2.75, 3.05) is 0 Å². The fourth-order valence-corrected chi connectivity index (χ4v) is 2.31. The van der Waals surface area contributed by atoms with Crippen LogP contribution in [-0.4, -0.2) is 0 Å². The molecule has 0 aromatic carbocycles. The lowest BCUT2D eigenvalue weighted by atomic mass is 10.1. The zero-order valence-electron chi connectivity index (χ0n) is 6.03. The first-order valence-electron chi connectivity index (χ1n) is 4.30. The van der Waals surface area contributed by atoms with Gasteiger partial charge in [0.25, 0.3) is 0 Å². The molecule has 10 heavy (non-hydrogen) atoms. The van der Waals surface area contributed by atoms with Crippen LogP contribution in [0.1, 0.15) is 12.8 Å². The van der Waals surface area contributed by atoms with Gasteiger partial charge in [-0.2, -0.15) is 0 Å². The first-order valence-corrected chi connectivity index (χ1v) is 4.30. The Hall–Kier alpha value is -0.520. The maximum Gasteiger partial charge on any atom is -0.0196 e. The fraction of sp³-hybridized carbons (Fsp3) is 0.600. The molecule has 2 fully saturated rings. The highest BCUT2D eigenvalue weighted by atomic mass is 14.6. The molecule has 0 heterocycles. The molecule has 2 saturated carbocycles. The van der Waals surface area contributed by atoms with Crippen LogP contribution in [0, 0.1) is 23.7 Å². The first-order chi connectivity index (χ1) is 4.95. The molecule has 0 bridgehead atoms. The van der Waals surface area contributed by atoms with Gasteiger partial charge in [-0.25, -0.2) is 0 Å². The molecule has 0 N–H and O–H groups in total. The molecule has 3 rings (SSSR count). The second-order valence-electron chi connectivity index (χ2n) is 3.90. The monoisotopic (exact) mass is 132 g/mol. The average Bonchev–Trinajstić information content (AvgIpc) is 2.68. The van der Waals surface area contributed by atoms with Crippen LogP contribution in [0.2, 0.25) is 0 Å². The molecule has 0 saturated heterocycles. The molecule has 3 aliphatic rings. The minimum Gasteiger partial charge on any atom is -0.0811 e. The van der Waals surface area contributed by atoms with Crippen molar-refractivity contribution < 1.29 is 0 Å². The van der Waals surface area contributed by atoms with Gasteiger partial charge in [0.2, 0.25) is 0 Å². The summed E-state index contributed by atoms with van der Waals surface area (Å²) < 4.78 is 0. The number of allylic oxidation sites excluding steroid dienone is 4. The van der Waals surface area contributed by atoms with Gasteiger partial charge in [0, 0.05) is 0 Å². The lowest BCUT2D eigenvalue weighted by molar-refractivity contribution is 0.648. The van der Waals surface area contributed by atoms with Crippen LogP contribution in [-0.2, 0) is 0 Å². The van der Waals surface area contributed by atoms with E-state index in [2.05, 4.69) is 24.3 Å². The largest absolute Gasteiger partial charge is 0.0811 e.